The molecule has 0 saturated heterocycles. The van der Waals surface area contributed by atoms with E-state index in [0.29, 0.717) is 0 Å². The molecule has 1 aromatic rings. The Labute approximate surface area is 59.7 Å². The van der Waals surface area contributed by atoms with Gasteiger partial charge >= 0.3 is 0 Å². The summed E-state index contributed by atoms with van der Waals surface area (Å²) in [6.07, 6.45) is 3.12. The molecule has 1 rings (SSSR count). The Kier molecular flexibility index (Phi) is 1.68. The lowest BCUT2D eigenvalue weighted by Gasteiger charge is -2.15. The Hall–Kier alpha value is -0.960. The SMILES string of the molecule is CC(C)(O)c1ccnnc1. The van der Waals surface area contributed by atoms with Crippen LogP contribution in [0.1, 0.15) is 19.4 Å². The van der Waals surface area contributed by atoms with E-state index < -0.39 is 5.60 Å². The van der Waals surface area contributed by atoms with E-state index in [1.807, 2.05) is 0 Å². The first-order chi connectivity index (χ1) is 4.61. The largest absolute Gasteiger partial charge is 0.386 e. The van der Waals surface area contributed by atoms with Crippen molar-refractivity contribution in [1.82, 2.24) is 10.2 Å². The third-order valence-electron chi connectivity index (χ3n) is 1.29. The van der Waals surface area contributed by atoms with Crippen LogP contribution in [0.15, 0.2) is 18.5 Å². The molecule has 0 aliphatic rings. The lowest BCUT2D eigenvalue weighted by Crippen LogP contribution is -2.15. The van der Waals surface area contributed by atoms with Gasteiger partial charge in [-0.3, -0.25) is 0 Å². The van der Waals surface area contributed by atoms with Crippen LogP contribution in [0.2, 0.25) is 0 Å². The van der Waals surface area contributed by atoms with Crippen molar-refractivity contribution in [2.24, 2.45) is 0 Å². The van der Waals surface area contributed by atoms with Crippen LogP contribution in [0.25, 0.3) is 0 Å². The topological polar surface area (TPSA) is 46.0 Å². The Morgan fingerprint density at radius 1 is 1.40 bits per heavy atom. The molecule has 0 spiro atoms. The van der Waals surface area contributed by atoms with Crippen molar-refractivity contribution in [3.8, 4) is 0 Å². The molecule has 0 bridgehead atoms. The van der Waals surface area contributed by atoms with Gasteiger partial charge in [0, 0.05) is 11.8 Å². The first kappa shape index (κ1) is 7.15. The van der Waals surface area contributed by atoms with Crippen LogP contribution in [0, 0.1) is 0 Å². The van der Waals surface area contributed by atoms with E-state index in [0.717, 1.165) is 5.56 Å². The standard InChI is InChI=1S/C7H10N2O/c1-7(2,10)6-3-4-8-9-5-6/h3-5,10H,1-2H3. The highest BCUT2D eigenvalue weighted by molar-refractivity contribution is 5.12. The van der Waals surface area contributed by atoms with Crippen LogP contribution >= 0.6 is 0 Å². The van der Waals surface area contributed by atoms with Gasteiger partial charge < -0.3 is 5.11 Å². The quantitative estimate of drug-likeness (QED) is 0.621. The minimum Gasteiger partial charge on any atom is -0.386 e. The van der Waals surface area contributed by atoms with Gasteiger partial charge in [-0.1, -0.05) is 0 Å². The molecule has 10 heavy (non-hydrogen) atoms. The molecule has 0 fully saturated rings. The maximum Gasteiger partial charge on any atom is 0.0856 e. The van der Waals surface area contributed by atoms with Crippen molar-refractivity contribution < 1.29 is 5.11 Å². The van der Waals surface area contributed by atoms with Crippen LogP contribution in [0.3, 0.4) is 0 Å². The average Bonchev–Trinajstić information content (AvgIpc) is 1.88. The molecule has 3 nitrogen and oxygen atoms in total. The zero-order valence-electron chi connectivity index (χ0n) is 6.07. The second kappa shape index (κ2) is 2.34. The summed E-state index contributed by atoms with van der Waals surface area (Å²) in [7, 11) is 0. The highest BCUT2D eigenvalue weighted by atomic mass is 16.3. The lowest BCUT2D eigenvalue weighted by molar-refractivity contribution is 0.0780. The Bertz CT molecular complexity index is 203. The van der Waals surface area contributed by atoms with Gasteiger partial charge in [-0.25, -0.2) is 0 Å². The third kappa shape index (κ3) is 1.51. The summed E-state index contributed by atoms with van der Waals surface area (Å²) in [4.78, 5) is 0. The minimum absolute atomic E-state index is 0.780. The van der Waals surface area contributed by atoms with Crippen molar-refractivity contribution >= 4 is 0 Å². The maximum atomic E-state index is 9.42. The van der Waals surface area contributed by atoms with E-state index in [4.69, 9.17) is 0 Å². The molecule has 1 heterocycles. The number of hydrogen-bond acceptors (Lipinski definition) is 3. The Morgan fingerprint density at radius 3 is 2.40 bits per heavy atom. The zero-order chi connectivity index (χ0) is 7.61. The number of aromatic nitrogens is 2. The molecule has 3 heteroatoms. The monoisotopic (exact) mass is 138 g/mol. The summed E-state index contributed by atoms with van der Waals surface area (Å²) in [5, 5.41) is 16.7. The molecule has 54 valence electrons. The van der Waals surface area contributed by atoms with Crippen molar-refractivity contribution in [3.05, 3.63) is 24.0 Å². The summed E-state index contributed by atoms with van der Waals surface area (Å²) in [6.45, 7) is 3.42. The lowest BCUT2D eigenvalue weighted by atomic mass is 10.0. The fourth-order valence-corrected chi connectivity index (χ4v) is 0.653. The van der Waals surface area contributed by atoms with E-state index in [9.17, 15) is 5.11 Å². The van der Waals surface area contributed by atoms with Crippen molar-refractivity contribution in [2.75, 3.05) is 0 Å². The molecule has 0 radical (unpaired) electrons. The van der Waals surface area contributed by atoms with Crippen LogP contribution in [-0.2, 0) is 5.60 Å². The molecule has 0 saturated carbocycles. The second-order valence-electron chi connectivity index (χ2n) is 2.69. The normalized spacial score (nSPS) is 11.5. The molecule has 0 unspecified atom stereocenters. The molecule has 0 aliphatic carbocycles. The van der Waals surface area contributed by atoms with Gasteiger partial charge in [0.2, 0.25) is 0 Å². The molecule has 0 atom stereocenters. The van der Waals surface area contributed by atoms with Gasteiger partial charge in [0.15, 0.2) is 0 Å². The second-order valence-corrected chi connectivity index (χ2v) is 2.69. The summed E-state index contributed by atoms with van der Waals surface area (Å²) in [6, 6.07) is 1.74. The van der Waals surface area contributed by atoms with Crippen molar-refractivity contribution in [1.29, 1.82) is 0 Å². The molecule has 1 aromatic heterocycles. The number of nitrogens with zero attached hydrogens (tertiary/aromatic N) is 2. The fraction of sp³-hybridized carbons (Fsp3) is 0.429. The molecular weight excluding hydrogens is 128 g/mol. The molecule has 0 aromatic carbocycles. The van der Waals surface area contributed by atoms with E-state index in [1.165, 1.54) is 0 Å². The molecule has 1 N–H and O–H groups in total. The maximum absolute atomic E-state index is 9.42. The van der Waals surface area contributed by atoms with Gasteiger partial charge in [0.1, 0.15) is 0 Å². The highest BCUT2D eigenvalue weighted by Crippen LogP contribution is 2.16. The van der Waals surface area contributed by atoms with Gasteiger partial charge in [0.25, 0.3) is 0 Å². The smallest absolute Gasteiger partial charge is 0.0856 e. The first-order valence-electron chi connectivity index (χ1n) is 3.10. The van der Waals surface area contributed by atoms with Crippen LogP contribution < -0.4 is 0 Å². The van der Waals surface area contributed by atoms with Crippen LogP contribution in [0.4, 0.5) is 0 Å². The van der Waals surface area contributed by atoms with E-state index in [2.05, 4.69) is 10.2 Å². The predicted molar refractivity (Wildman–Crippen MR) is 37.3 cm³/mol. The molecular formula is C7H10N2O. The summed E-state index contributed by atoms with van der Waals surface area (Å²) in [5.41, 5.74) is -0.0295. The molecule has 0 aliphatic heterocycles. The fourth-order valence-electron chi connectivity index (χ4n) is 0.653. The third-order valence-corrected chi connectivity index (χ3v) is 1.29. The first-order valence-corrected chi connectivity index (χ1v) is 3.10. The average molecular weight is 138 g/mol. The summed E-state index contributed by atoms with van der Waals surface area (Å²) in [5.74, 6) is 0. The van der Waals surface area contributed by atoms with E-state index >= 15 is 0 Å². The number of hydrogen-bond donors (Lipinski definition) is 1. The summed E-state index contributed by atoms with van der Waals surface area (Å²) >= 11 is 0. The zero-order valence-corrected chi connectivity index (χ0v) is 6.07. The van der Waals surface area contributed by atoms with E-state index in [-0.39, 0.29) is 0 Å². The van der Waals surface area contributed by atoms with Crippen LogP contribution in [0.5, 0.6) is 0 Å². The predicted octanol–water partition coefficient (Wildman–Crippen LogP) is 0.704. The minimum atomic E-state index is -0.810. The van der Waals surface area contributed by atoms with Crippen molar-refractivity contribution in [3.63, 3.8) is 0 Å². The Balaban J connectivity index is 2.97. The van der Waals surface area contributed by atoms with Gasteiger partial charge in [-0.2, -0.15) is 10.2 Å². The number of aliphatic hydroxyl groups is 1. The van der Waals surface area contributed by atoms with Gasteiger partial charge in [-0.15, -0.1) is 0 Å². The van der Waals surface area contributed by atoms with Crippen molar-refractivity contribution in [2.45, 2.75) is 19.4 Å². The molecule has 0 amide bonds. The van der Waals surface area contributed by atoms with E-state index in [1.54, 1.807) is 32.3 Å². The van der Waals surface area contributed by atoms with Crippen LogP contribution in [-0.4, -0.2) is 15.3 Å². The Morgan fingerprint density at radius 2 is 2.10 bits per heavy atom. The highest BCUT2D eigenvalue weighted by Gasteiger charge is 2.14. The van der Waals surface area contributed by atoms with Gasteiger partial charge in [-0.05, 0) is 19.9 Å². The summed E-state index contributed by atoms with van der Waals surface area (Å²) < 4.78 is 0. The van der Waals surface area contributed by atoms with Gasteiger partial charge in [0.05, 0.1) is 11.8 Å². The number of rotatable bonds is 1.